The largest absolute Gasteiger partial charge is 0.497 e. The molecule has 1 N–H and O–H groups in total. The van der Waals surface area contributed by atoms with E-state index in [2.05, 4.69) is 5.32 Å². The minimum atomic E-state index is -0.850. The lowest BCUT2D eigenvalue weighted by atomic mass is 10.0. The van der Waals surface area contributed by atoms with Crippen LogP contribution >= 0.6 is 11.6 Å². The number of carbonyl (C=O) groups excluding carboxylic acids is 3. The van der Waals surface area contributed by atoms with E-state index in [4.69, 9.17) is 21.1 Å². The molecule has 0 saturated carbocycles. The number of anilines is 1. The Labute approximate surface area is 217 Å². The van der Waals surface area contributed by atoms with Crippen molar-refractivity contribution in [2.24, 2.45) is 0 Å². The van der Waals surface area contributed by atoms with Crippen molar-refractivity contribution in [1.29, 1.82) is 0 Å². The van der Waals surface area contributed by atoms with Gasteiger partial charge in [0.1, 0.15) is 23.7 Å². The van der Waals surface area contributed by atoms with Gasteiger partial charge in [0, 0.05) is 16.7 Å². The van der Waals surface area contributed by atoms with Gasteiger partial charge in [-0.05, 0) is 52.7 Å². The zero-order chi connectivity index (χ0) is 25.9. The summed E-state index contributed by atoms with van der Waals surface area (Å²) in [4.78, 5) is 39.4. The van der Waals surface area contributed by atoms with Crippen molar-refractivity contribution in [3.05, 3.63) is 107 Å². The number of halogens is 1. The van der Waals surface area contributed by atoms with Gasteiger partial charge in [-0.2, -0.15) is 0 Å². The molecule has 0 aromatic heterocycles. The molecule has 0 bridgehead atoms. The fraction of sp³-hybridized carbons (Fsp3) is 0.0690. The average Bonchev–Trinajstić information content (AvgIpc) is 2.90. The third kappa shape index (κ3) is 4.90. The lowest BCUT2D eigenvalue weighted by molar-refractivity contribution is -0.122. The molecule has 0 radical (unpaired) electrons. The number of imide groups is 2. The van der Waals surface area contributed by atoms with E-state index in [0.717, 1.165) is 21.2 Å². The van der Waals surface area contributed by atoms with E-state index in [1.165, 1.54) is 19.3 Å². The number of amides is 4. The summed E-state index contributed by atoms with van der Waals surface area (Å²) in [6.45, 7) is 0.248. The normalized spacial score (nSPS) is 14.7. The highest BCUT2D eigenvalue weighted by Gasteiger charge is 2.37. The lowest BCUT2D eigenvalue weighted by Crippen LogP contribution is -2.54. The van der Waals surface area contributed by atoms with Crippen LogP contribution in [-0.4, -0.2) is 25.0 Å². The summed E-state index contributed by atoms with van der Waals surface area (Å²) in [5.41, 5.74) is 1.47. The van der Waals surface area contributed by atoms with Crippen molar-refractivity contribution < 1.29 is 23.9 Å². The number of fused-ring (bicyclic) bond motifs is 1. The van der Waals surface area contributed by atoms with Crippen LogP contribution in [0.15, 0.2) is 90.5 Å². The van der Waals surface area contributed by atoms with Gasteiger partial charge in [0.05, 0.1) is 12.8 Å². The number of ether oxygens (including phenoxy) is 2. The first-order valence-corrected chi connectivity index (χ1v) is 11.8. The van der Waals surface area contributed by atoms with Crippen LogP contribution in [0.1, 0.15) is 11.1 Å². The Balaban J connectivity index is 1.50. The second-order valence-corrected chi connectivity index (χ2v) is 8.70. The molecule has 8 heteroatoms. The van der Waals surface area contributed by atoms with Gasteiger partial charge >= 0.3 is 6.03 Å². The molecule has 1 aliphatic heterocycles. The van der Waals surface area contributed by atoms with Gasteiger partial charge in [-0.25, -0.2) is 9.69 Å². The molecule has 4 amide bonds. The molecule has 1 fully saturated rings. The fourth-order valence-electron chi connectivity index (χ4n) is 4.12. The van der Waals surface area contributed by atoms with Gasteiger partial charge in [-0.3, -0.25) is 14.9 Å². The number of rotatable bonds is 6. The quantitative estimate of drug-likeness (QED) is 0.263. The lowest BCUT2D eigenvalue weighted by Gasteiger charge is -2.26. The van der Waals surface area contributed by atoms with Crippen molar-refractivity contribution in [3.63, 3.8) is 0 Å². The maximum Gasteiger partial charge on any atom is 0.335 e. The number of urea groups is 1. The van der Waals surface area contributed by atoms with Crippen molar-refractivity contribution in [2.75, 3.05) is 12.0 Å². The second-order valence-electron chi connectivity index (χ2n) is 8.27. The number of methoxy groups -OCH3 is 1. The van der Waals surface area contributed by atoms with Crippen molar-refractivity contribution in [3.8, 4) is 11.5 Å². The maximum atomic E-state index is 13.3. The van der Waals surface area contributed by atoms with Crippen LogP contribution in [0.25, 0.3) is 16.8 Å². The summed E-state index contributed by atoms with van der Waals surface area (Å²) in [5.74, 6) is -0.618. The Morgan fingerprint density at radius 2 is 1.70 bits per heavy atom. The number of hydrogen-bond acceptors (Lipinski definition) is 5. The van der Waals surface area contributed by atoms with E-state index in [0.29, 0.717) is 22.1 Å². The Kier molecular flexibility index (Phi) is 6.62. The molecule has 0 spiro atoms. The van der Waals surface area contributed by atoms with Crippen LogP contribution in [0.3, 0.4) is 0 Å². The molecular formula is C29H21ClN2O5. The molecule has 0 aliphatic carbocycles. The Morgan fingerprint density at radius 1 is 0.919 bits per heavy atom. The molecule has 1 aliphatic rings. The first-order valence-electron chi connectivity index (χ1n) is 11.4. The maximum absolute atomic E-state index is 13.3. The molecule has 5 rings (SSSR count). The third-order valence-corrected chi connectivity index (χ3v) is 6.19. The number of carbonyl (C=O) groups is 3. The molecule has 1 saturated heterocycles. The molecule has 7 nitrogen and oxygen atoms in total. The van der Waals surface area contributed by atoms with E-state index in [1.54, 1.807) is 36.4 Å². The molecule has 184 valence electrons. The standard InChI is InChI=1S/C29H21ClN2O5/c1-36-23-13-12-19(26(16-23)37-17-20-8-4-7-18-6-2-3-11-24(18)20)14-25-27(33)31-29(35)32(28(25)34)22-10-5-9-21(30)15-22/h2-16H,17H2,1H3,(H,31,33,35)/b25-14+. The van der Waals surface area contributed by atoms with Gasteiger partial charge in [-0.15, -0.1) is 0 Å². The average molecular weight is 513 g/mol. The van der Waals surface area contributed by atoms with E-state index < -0.39 is 17.8 Å². The number of nitrogens with one attached hydrogen (secondary N) is 1. The highest BCUT2D eigenvalue weighted by atomic mass is 35.5. The van der Waals surface area contributed by atoms with Crippen molar-refractivity contribution in [2.45, 2.75) is 6.61 Å². The SMILES string of the molecule is COc1ccc(/C=C2\C(=O)NC(=O)N(c3cccc(Cl)c3)C2=O)c(OCc2cccc3ccccc23)c1. The number of benzene rings is 4. The van der Waals surface area contributed by atoms with E-state index >= 15 is 0 Å². The van der Waals surface area contributed by atoms with E-state index in [1.807, 2.05) is 42.5 Å². The summed E-state index contributed by atoms with van der Waals surface area (Å²) in [6, 6.07) is 24.4. The second kappa shape index (κ2) is 10.2. The summed E-state index contributed by atoms with van der Waals surface area (Å²) in [5, 5.41) is 4.72. The van der Waals surface area contributed by atoms with Crippen LogP contribution in [0.2, 0.25) is 5.02 Å². The first kappa shape index (κ1) is 24.1. The van der Waals surface area contributed by atoms with Crippen LogP contribution in [0.5, 0.6) is 11.5 Å². The summed E-state index contributed by atoms with van der Waals surface area (Å²) < 4.78 is 11.5. The third-order valence-electron chi connectivity index (χ3n) is 5.95. The topological polar surface area (TPSA) is 84.9 Å². The Bertz CT molecular complexity index is 1570. The zero-order valence-corrected chi connectivity index (χ0v) is 20.5. The fourth-order valence-corrected chi connectivity index (χ4v) is 4.31. The van der Waals surface area contributed by atoms with Crippen LogP contribution in [-0.2, 0) is 16.2 Å². The van der Waals surface area contributed by atoms with E-state index in [-0.39, 0.29) is 17.9 Å². The van der Waals surface area contributed by atoms with E-state index in [9.17, 15) is 14.4 Å². The van der Waals surface area contributed by atoms with Crippen LogP contribution in [0.4, 0.5) is 10.5 Å². The van der Waals surface area contributed by atoms with Gasteiger partial charge in [0.25, 0.3) is 11.8 Å². The molecule has 4 aromatic rings. The van der Waals surface area contributed by atoms with Gasteiger partial charge in [0.2, 0.25) is 0 Å². The number of nitrogens with zero attached hydrogens (tertiary/aromatic N) is 1. The first-order chi connectivity index (χ1) is 17.9. The van der Waals surface area contributed by atoms with Crippen molar-refractivity contribution >= 4 is 52.0 Å². The van der Waals surface area contributed by atoms with Gasteiger partial charge in [0.15, 0.2) is 0 Å². The minimum absolute atomic E-state index is 0.222. The predicted octanol–water partition coefficient (Wildman–Crippen LogP) is 5.75. The molecule has 0 atom stereocenters. The van der Waals surface area contributed by atoms with Crippen LogP contribution < -0.4 is 19.7 Å². The van der Waals surface area contributed by atoms with Crippen LogP contribution in [0, 0.1) is 0 Å². The zero-order valence-electron chi connectivity index (χ0n) is 19.7. The summed E-state index contributed by atoms with van der Waals surface area (Å²) >= 11 is 6.05. The summed E-state index contributed by atoms with van der Waals surface area (Å²) in [7, 11) is 1.54. The Hall–Kier alpha value is -4.62. The number of barbiturate groups is 1. The highest BCUT2D eigenvalue weighted by molar-refractivity contribution is 6.39. The van der Waals surface area contributed by atoms with Gasteiger partial charge < -0.3 is 9.47 Å². The molecule has 0 unspecified atom stereocenters. The predicted molar refractivity (Wildman–Crippen MR) is 142 cm³/mol. The minimum Gasteiger partial charge on any atom is -0.497 e. The monoisotopic (exact) mass is 512 g/mol. The number of hydrogen-bond donors (Lipinski definition) is 1. The smallest absolute Gasteiger partial charge is 0.335 e. The van der Waals surface area contributed by atoms with Crippen molar-refractivity contribution in [1.82, 2.24) is 5.32 Å². The molecular weight excluding hydrogens is 492 g/mol. The summed E-state index contributed by atoms with van der Waals surface area (Å²) in [6.07, 6.45) is 1.40. The molecule has 1 heterocycles. The molecule has 37 heavy (non-hydrogen) atoms. The Morgan fingerprint density at radius 3 is 2.51 bits per heavy atom. The van der Waals surface area contributed by atoms with Gasteiger partial charge in [-0.1, -0.05) is 60.1 Å². The highest BCUT2D eigenvalue weighted by Crippen LogP contribution is 2.31. The molecule has 4 aromatic carbocycles.